The Labute approximate surface area is 215 Å². The van der Waals surface area contributed by atoms with Crippen LogP contribution in [0.1, 0.15) is 42.8 Å². The van der Waals surface area contributed by atoms with Crippen molar-refractivity contribution in [3.8, 4) is 28.8 Å². The Hall–Kier alpha value is -4.27. The lowest BCUT2D eigenvalue weighted by atomic mass is 10.2. The molecule has 0 bridgehead atoms. The summed E-state index contributed by atoms with van der Waals surface area (Å²) in [6, 6.07) is 15.5. The van der Waals surface area contributed by atoms with Gasteiger partial charge in [0.25, 0.3) is 0 Å². The number of ether oxygens (including phenoxy) is 3. The van der Waals surface area contributed by atoms with E-state index in [9.17, 15) is 4.79 Å². The molecule has 2 aromatic heterocycles. The van der Waals surface area contributed by atoms with Gasteiger partial charge in [0, 0.05) is 23.7 Å². The lowest BCUT2D eigenvalue weighted by Gasteiger charge is -2.13. The summed E-state index contributed by atoms with van der Waals surface area (Å²) in [5.74, 6) is 2.09. The molecule has 0 radical (unpaired) electrons. The average Bonchev–Trinajstić information content (AvgIpc) is 3.45. The number of carbonyl (C=O) groups is 1. The summed E-state index contributed by atoms with van der Waals surface area (Å²) in [5, 5.41) is 13.5. The first-order valence-corrected chi connectivity index (χ1v) is 12.3. The van der Waals surface area contributed by atoms with Gasteiger partial charge in [0.15, 0.2) is 11.5 Å². The summed E-state index contributed by atoms with van der Waals surface area (Å²) in [6.07, 6.45) is 2.20. The molecule has 0 saturated carbocycles. The molecule has 2 heterocycles. The van der Waals surface area contributed by atoms with Crippen molar-refractivity contribution in [3.05, 3.63) is 77.3 Å². The summed E-state index contributed by atoms with van der Waals surface area (Å²) in [6.45, 7) is 7.31. The molecular formula is C28H31N3O6. The van der Waals surface area contributed by atoms with Gasteiger partial charge in [-0.2, -0.15) is 0 Å². The largest absolute Gasteiger partial charge is 0.490 e. The fourth-order valence-electron chi connectivity index (χ4n) is 3.83. The molecule has 2 aromatic carbocycles. The van der Waals surface area contributed by atoms with Gasteiger partial charge in [-0.05, 0) is 57.0 Å². The van der Waals surface area contributed by atoms with Crippen LogP contribution in [0.3, 0.4) is 0 Å². The van der Waals surface area contributed by atoms with E-state index in [1.807, 2.05) is 75.5 Å². The minimum atomic E-state index is -0.857. The second-order valence-corrected chi connectivity index (χ2v) is 8.37. The SMILES string of the molecule is CCOc1cc(Cn2cc(CCC(=O)O)c(OCC)n2)ccc1OCc1nc(-c2ccccc2)oc1C. The predicted octanol–water partition coefficient (Wildman–Crippen LogP) is 5.29. The van der Waals surface area contributed by atoms with Crippen LogP contribution >= 0.6 is 0 Å². The Morgan fingerprint density at radius 2 is 1.81 bits per heavy atom. The van der Waals surface area contributed by atoms with Crippen LogP contribution in [0.25, 0.3) is 11.5 Å². The molecule has 0 amide bonds. The summed E-state index contributed by atoms with van der Waals surface area (Å²) < 4.78 is 25.1. The molecule has 9 nitrogen and oxygen atoms in total. The number of aryl methyl sites for hydroxylation is 2. The van der Waals surface area contributed by atoms with Gasteiger partial charge >= 0.3 is 5.97 Å². The predicted molar refractivity (Wildman–Crippen MR) is 137 cm³/mol. The van der Waals surface area contributed by atoms with E-state index in [0.717, 1.165) is 22.4 Å². The first kappa shape index (κ1) is 25.8. The average molecular weight is 506 g/mol. The maximum atomic E-state index is 11.0. The van der Waals surface area contributed by atoms with Crippen molar-refractivity contribution in [1.29, 1.82) is 0 Å². The molecule has 0 fully saturated rings. The van der Waals surface area contributed by atoms with Crippen molar-refractivity contribution < 1.29 is 28.5 Å². The molecule has 0 spiro atoms. The van der Waals surface area contributed by atoms with Crippen LogP contribution in [0.5, 0.6) is 17.4 Å². The first-order valence-electron chi connectivity index (χ1n) is 12.3. The minimum absolute atomic E-state index is 0.0180. The molecule has 0 aliphatic heterocycles. The van der Waals surface area contributed by atoms with Crippen LogP contribution in [0.15, 0.2) is 59.1 Å². The van der Waals surface area contributed by atoms with Gasteiger partial charge in [0.1, 0.15) is 18.1 Å². The van der Waals surface area contributed by atoms with E-state index >= 15 is 0 Å². The lowest BCUT2D eigenvalue weighted by molar-refractivity contribution is -0.136. The zero-order valence-electron chi connectivity index (χ0n) is 21.3. The van der Waals surface area contributed by atoms with Crippen LogP contribution in [0.2, 0.25) is 0 Å². The van der Waals surface area contributed by atoms with Crippen molar-refractivity contribution >= 4 is 5.97 Å². The molecule has 1 N–H and O–H groups in total. The van der Waals surface area contributed by atoms with Crippen LogP contribution in [-0.4, -0.2) is 39.1 Å². The fraction of sp³-hybridized carbons (Fsp3) is 0.321. The van der Waals surface area contributed by atoms with Crippen molar-refractivity contribution in [2.45, 2.75) is 46.8 Å². The molecule has 0 saturated heterocycles. The molecule has 194 valence electrons. The zero-order chi connectivity index (χ0) is 26.2. The molecule has 0 aliphatic carbocycles. The Morgan fingerprint density at radius 3 is 2.54 bits per heavy atom. The number of benzene rings is 2. The Morgan fingerprint density at radius 1 is 1.03 bits per heavy atom. The minimum Gasteiger partial charge on any atom is -0.490 e. The molecule has 4 aromatic rings. The van der Waals surface area contributed by atoms with Gasteiger partial charge in [-0.3, -0.25) is 9.48 Å². The van der Waals surface area contributed by atoms with E-state index in [1.54, 1.807) is 4.68 Å². The van der Waals surface area contributed by atoms with Crippen molar-refractivity contribution in [3.63, 3.8) is 0 Å². The number of aromatic nitrogens is 3. The molecule has 9 heteroatoms. The highest BCUT2D eigenvalue weighted by Gasteiger charge is 2.15. The number of hydrogen-bond donors (Lipinski definition) is 1. The summed E-state index contributed by atoms with van der Waals surface area (Å²) in [4.78, 5) is 15.6. The second-order valence-electron chi connectivity index (χ2n) is 8.37. The maximum absolute atomic E-state index is 11.0. The molecule has 0 atom stereocenters. The number of carboxylic acids is 1. The highest BCUT2D eigenvalue weighted by molar-refractivity contribution is 5.67. The van der Waals surface area contributed by atoms with Gasteiger partial charge in [0.2, 0.25) is 11.8 Å². The van der Waals surface area contributed by atoms with Crippen LogP contribution in [-0.2, 0) is 24.4 Å². The Kier molecular flexibility index (Phi) is 8.45. The van der Waals surface area contributed by atoms with Crippen LogP contribution in [0, 0.1) is 6.92 Å². The van der Waals surface area contributed by atoms with Gasteiger partial charge in [-0.15, -0.1) is 5.10 Å². The quantitative estimate of drug-likeness (QED) is 0.261. The standard InChI is InChI=1S/C28H31N3O6/c1-4-34-25-15-20(16-31-17-22(12-14-26(32)33)28(30-31)35-5-2)11-13-24(25)36-18-23-19(3)37-27(29-23)21-9-7-6-8-10-21/h6-11,13,15,17H,4-5,12,14,16,18H2,1-3H3,(H,32,33). The fourth-order valence-corrected chi connectivity index (χ4v) is 3.83. The highest BCUT2D eigenvalue weighted by Crippen LogP contribution is 2.31. The summed E-state index contributed by atoms with van der Waals surface area (Å²) >= 11 is 0. The lowest BCUT2D eigenvalue weighted by Crippen LogP contribution is -2.04. The first-order chi connectivity index (χ1) is 18.0. The van der Waals surface area contributed by atoms with E-state index in [4.69, 9.17) is 23.7 Å². The van der Waals surface area contributed by atoms with Gasteiger partial charge in [-0.25, -0.2) is 4.98 Å². The maximum Gasteiger partial charge on any atom is 0.303 e. The smallest absolute Gasteiger partial charge is 0.303 e. The third-order valence-electron chi connectivity index (χ3n) is 5.62. The van der Waals surface area contributed by atoms with Gasteiger partial charge in [0.05, 0.1) is 19.8 Å². The van der Waals surface area contributed by atoms with Crippen molar-refractivity contribution in [2.75, 3.05) is 13.2 Å². The van der Waals surface area contributed by atoms with E-state index in [-0.39, 0.29) is 13.0 Å². The number of carboxylic acid groups (broad SMARTS) is 1. The Bertz CT molecular complexity index is 1330. The third-order valence-corrected chi connectivity index (χ3v) is 5.62. The highest BCUT2D eigenvalue weighted by atomic mass is 16.5. The second kappa shape index (κ2) is 12.1. The van der Waals surface area contributed by atoms with E-state index < -0.39 is 5.97 Å². The Balaban J connectivity index is 1.48. The van der Waals surface area contributed by atoms with Gasteiger partial charge in [-0.1, -0.05) is 24.3 Å². The van der Waals surface area contributed by atoms with E-state index in [0.29, 0.717) is 55.2 Å². The number of nitrogens with zero attached hydrogens (tertiary/aromatic N) is 3. The molecule has 4 rings (SSSR count). The zero-order valence-corrected chi connectivity index (χ0v) is 21.3. The molecular weight excluding hydrogens is 474 g/mol. The molecule has 37 heavy (non-hydrogen) atoms. The van der Waals surface area contributed by atoms with Crippen molar-refractivity contribution in [1.82, 2.24) is 14.8 Å². The summed E-state index contributed by atoms with van der Waals surface area (Å²) in [7, 11) is 0. The number of hydrogen-bond acceptors (Lipinski definition) is 7. The normalized spacial score (nSPS) is 10.9. The van der Waals surface area contributed by atoms with Gasteiger partial charge < -0.3 is 23.7 Å². The number of oxazole rings is 1. The summed E-state index contributed by atoms with van der Waals surface area (Å²) in [5.41, 5.74) is 3.36. The van der Waals surface area contributed by atoms with Crippen LogP contribution in [0.4, 0.5) is 0 Å². The topological polar surface area (TPSA) is 109 Å². The number of aliphatic carboxylic acids is 1. The monoisotopic (exact) mass is 505 g/mol. The molecule has 0 aliphatic rings. The number of rotatable bonds is 13. The third kappa shape index (κ3) is 6.69. The van der Waals surface area contributed by atoms with Crippen LogP contribution < -0.4 is 14.2 Å². The van der Waals surface area contributed by atoms with E-state index in [2.05, 4.69) is 10.1 Å². The molecule has 0 unspecified atom stereocenters. The van der Waals surface area contributed by atoms with Crippen molar-refractivity contribution in [2.24, 2.45) is 0 Å². The van der Waals surface area contributed by atoms with E-state index in [1.165, 1.54) is 0 Å².